The maximum Gasteiger partial charge on any atom is 0.170 e. The van der Waals surface area contributed by atoms with E-state index in [1.165, 1.54) is 5.57 Å². The molecule has 206 valence electrons. The van der Waals surface area contributed by atoms with Gasteiger partial charge in [-0.3, -0.25) is 0 Å². The fourth-order valence-corrected chi connectivity index (χ4v) is 4.35. The second-order valence-electron chi connectivity index (χ2n) is 9.75. The summed E-state index contributed by atoms with van der Waals surface area (Å²) in [6, 6.07) is 20.7. The topological polar surface area (TPSA) is 88.8 Å². The van der Waals surface area contributed by atoms with Crippen LogP contribution in [0, 0.1) is 5.82 Å². The van der Waals surface area contributed by atoms with E-state index in [4.69, 9.17) is 10.5 Å². The molecule has 40 heavy (non-hydrogen) atoms. The molecule has 0 radical (unpaired) electrons. The molecule has 4 N–H and O–H groups in total. The van der Waals surface area contributed by atoms with Gasteiger partial charge in [-0.2, -0.15) is 0 Å². The lowest BCUT2D eigenvalue weighted by Gasteiger charge is -2.22. The van der Waals surface area contributed by atoms with Crippen molar-refractivity contribution in [3.63, 3.8) is 0 Å². The summed E-state index contributed by atoms with van der Waals surface area (Å²) in [5.74, 6) is 0.902. The highest BCUT2D eigenvalue weighted by molar-refractivity contribution is 5.92. The molecular weight excluding hydrogens is 501 g/mol. The summed E-state index contributed by atoms with van der Waals surface area (Å²) in [4.78, 5) is 12.2. The number of nitrogens with one attached hydrogen (secondary N) is 2. The molecule has 0 amide bonds. The minimum atomic E-state index is -0.593. The Morgan fingerprint density at radius 3 is 2.50 bits per heavy atom. The second kappa shape index (κ2) is 12.9. The Morgan fingerprint density at radius 2 is 1.80 bits per heavy atom. The molecule has 0 saturated carbocycles. The van der Waals surface area contributed by atoms with Crippen molar-refractivity contribution in [2.75, 3.05) is 17.7 Å². The number of nitrogens with zero attached hydrogens (tertiary/aromatic N) is 2. The normalized spacial score (nSPS) is 11.4. The van der Waals surface area contributed by atoms with E-state index >= 15 is 4.39 Å². The highest BCUT2D eigenvalue weighted by Crippen LogP contribution is 2.34. The van der Waals surface area contributed by atoms with Crippen molar-refractivity contribution in [2.24, 2.45) is 0 Å². The van der Waals surface area contributed by atoms with Gasteiger partial charge in [-0.25, -0.2) is 14.4 Å². The summed E-state index contributed by atoms with van der Waals surface area (Å²) >= 11 is 0. The van der Waals surface area contributed by atoms with Crippen LogP contribution >= 0.6 is 0 Å². The van der Waals surface area contributed by atoms with Crippen LogP contribution in [0.3, 0.4) is 0 Å². The van der Waals surface area contributed by atoms with Crippen molar-refractivity contribution in [2.45, 2.75) is 40.2 Å². The third-order valence-electron chi connectivity index (χ3n) is 6.21. The zero-order chi connectivity index (χ0) is 28.6. The van der Waals surface area contributed by atoms with Crippen LogP contribution in [0.15, 0.2) is 91.3 Å². The van der Waals surface area contributed by atoms with Gasteiger partial charge in [-0.15, -0.1) is 6.58 Å². The number of hydrogen-bond acceptors (Lipinski definition) is 5. The Bertz CT molecular complexity index is 1590. The van der Waals surface area contributed by atoms with E-state index in [2.05, 4.69) is 26.8 Å². The van der Waals surface area contributed by atoms with Crippen molar-refractivity contribution in [1.29, 1.82) is 0 Å². The first-order valence-electron chi connectivity index (χ1n) is 13.4. The maximum absolute atomic E-state index is 15.8. The molecule has 0 aliphatic heterocycles. The summed E-state index contributed by atoms with van der Waals surface area (Å²) < 4.78 is 21.5. The second-order valence-corrected chi connectivity index (χ2v) is 9.75. The molecular formula is C33H36FN5O. The van der Waals surface area contributed by atoms with Gasteiger partial charge in [0, 0.05) is 22.8 Å². The molecule has 0 fully saturated rings. The maximum atomic E-state index is 15.8. The first-order chi connectivity index (χ1) is 19.3. The Balaban J connectivity index is 0.000000867. The van der Waals surface area contributed by atoms with Crippen molar-refractivity contribution in [3.8, 4) is 17.0 Å². The van der Waals surface area contributed by atoms with Crippen LogP contribution in [0.2, 0.25) is 0 Å². The van der Waals surface area contributed by atoms with E-state index in [-0.39, 0.29) is 5.75 Å². The lowest BCUT2D eigenvalue weighted by atomic mass is 9.99. The summed E-state index contributed by atoms with van der Waals surface area (Å²) in [6.07, 6.45) is 4.20. The minimum Gasteiger partial charge on any atom is -0.491 e. The van der Waals surface area contributed by atoms with Crippen molar-refractivity contribution in [1.82, 2.24) is 15.0 Å². The number of imidazole rings is 1. The molecule has 2 heterocycles. The van der Waals surface area contributed by atoms with Crippen molar-refractivity contribution in [3.05, 3.63) is 114 Å². The van der Waals surface area contributed by atoms with Crippen LogP contribution in [-0.4, -0.2) is 21.6 Å². The van der Waals surface area contributed by atoms with E-state index in [9.17, 15) is 0 Å². The van der Waals surface area contributed by atoms with Crippen LogP contribution in [0.1, 0.15) is 50.7 Å². The quantitative estimate of drug-likeness (QED) is 0.174. The van der Waals surface area contributed by atoms with Gasteiger partial charge in [-0.05, 0) is 74.0 Å². The molecule has 0 bridgehead atoms. The number of H-pyrrole nitrogens is 1. The van der Waals surface area contributed by atoms with Gasteiger partial charge in [0.1, 0.15) is 17.7 Å². The first-order valence-corrected chi connectivity index (χ1v) is 13.4. The van der Waals surface area contributed by atoms with Crippen LogP contribution in [0.4, 0.5) is 15.9 Å². The van der Waals surface area contributed by atoms with E-state index in [0.717, 1.165) is 39.7 Å². The lowest BCUT2D eigenvalue weighted by molar-refractivity contribution is 0.319. The Morgan fingerprint density at radius 1 is 1.05 bits per heavy atom. The highest BCUT2D eigenvalue weighted by Gasteiger charge is 2.25. The van der Waals surface area contributed by atoms with Gasteiger partial charge >= 0.3 is 0 Å². The number of fused-ring (bicyclic) bond motifs is 1. The number of aromatic nitrogens is 3. The molecule has 5 aromatic rings. The molecule has 1 unspecified atom stereocenters. The fourth-order valence-electron chi connectivity index (χ4n) is 4.35. The number of rotatable bonds is 8. The Labute approximate surface area is 235 Å². The molecule has 2 aromatic heterocycles. The standard InChI is InChI=1S/C29H28FN5O.C4H8/c1-3-18-14-23(26(30)25(15-18)36-4-2)27(29-33-17-24(35-29)19-8-6-5-7-9-19)34-21-10-11-22-20(16-21)12-13-32-28(22)31;1-4(2)3/h5-17,27,34H,3-4H2,1-2H3,(H2,31,32)(H,33,35);1H2,2-3H3. The number of ether oxygens (including phenoxy) is 1. The van der Waals surface area contributed by atoms with Crippen LogP contribution < -0.4 is 15.8 Å². The molecule has 6 nitrogen and oxygen atoms in total. The summed E-state index contributed by atoms with van der Waals surface area (Å²) in [6.45, 7) is 11.8. The Kier molecular flexibility index (Phi) is 9.17. The SMILES string of the molecule is C=C(C)C.CCOc1cc(CC)cc(C(Nc2ccc3c(N)nccc3c2)c2ncc(-c3ccccc3)[nH]2)c1F. The number of aromatic amines is 1. The molecule has 7 heteroatoms. The average molecular weight is 538 g/mol. The number of anilines is 2. The molecule has 3 aromatic carbocycles. The van der Waals surface area contributed by atoms with E-state index in [1.807, 2.05) is 88.4 Å². The van der Waals surface area contributed by atoms with Crippen molar-refractivity contribution < 1.29 is 9.13 Å². The molecule has 0 spiro atoms. The number of nitrogens with two attached hydrogens (primary N) is 1. The Hall–Kier alpha value is -4.65. The average Bonchev–Trinajstić information content (AvgIpc) is 3.44. The number of hydrogen-bond donors (Lipinski definition) is 3. The number of halogens is 1. The number of allylic oxidation sites excluding steroid dienone is 1. The van der Waals surface area contributed by atoms with Gasteiger partial charge in [-0.1, -0.05) is 48.9 Å². The minimum absolute atomic E-state index is 0.242. The zero-order valence-electron chi connectivity index (χ0n) is 23.5. The number of nitrogen functional groups attached to an aromatic ring is 1. The number of benzene rings is 3. The molecule has 0 aliphatic rings. The lowest BCUT2D eigenvalue weighted by Crippen LogP contribution is -2.17. The van der Waals surface area contributed by atoms with Gasteiger partial charge < -0.3 is 20.8 Å². The van der Waals surface area contributed by atoms with E-state index in [1.54, 1.807) is 18.5 Å². The van der Waals surface area contributed by atoms with Gasteiger partial charge in [0.2, 0.25) is 0 Å². The monoisotopic (exact) mass is 537 g/mol. The molecule has 1 atom stereocenters. The van der Waals surface area contributed by atoms with Crippen LogP contribution in [0.25, 0.3) is 22.0 Å². The third-order valence-corrected chi connectivity index (χ3v) is 6.21. The molecule has 0 saturated heterocycles. The van der Waals surface area contributed by atoms with Gasteiger partial charge in [0.15, 0.2) is 11.6 Å². The third kappa shape index (κ3) is 6.67. The summed E-state index contributed by atoms with van der Waals surface area (Å²) in [5, 5.41) is 5.30. The van der Waals surface area contributed by atoms with Crippen LogP contribution in [-0.2, 0) is 6.42 Å². The highest BCUT2D eigenvalue weighted by atomic mass is 19.1. The van der Waals surface area contributed by atoms with Gasteiger partial charge in [0.25, 0.3) is 0 Å². The number of aryl methyl sites for hydroxylation is 1. The first kappa shape index (κ1) is 28.4. The predicted molar refractivity (Wildman–Crippen MR) is 163 cm³/mol. The van der Waals surface area contributed by atoms with Crippen LogP contribution in [0.5, 0.6) is 5.75 Å². The zero-order valence-corrected chi connectivity index (χ0v) is 23.5. The number of pyridine rings is 1. The smallest absolute Gasteiger partial charge is 0.170 e. The van der Waals surface area contributed by atoms with Crippen molar-refractivity contribution >= 4 is 22.3 Å². The largest absolute Gasteiger partial charge is 0.491 e. The van der Waals surface area contributed by atoms with E-state index < -0.39 is 11.9 Å². The fraction of sp³-hybridized carbons (Fsp3) is 0.212. The van der Waals surface area contributed by atoms with E-state index in [0.29, 0.717) is 23.8 Å². The summed E-state index contributed by atoms with van der Waals surface area (Å²) in [7, 11) is 0. The van der Waals surface area contributed by atoms with Gasteiger partial charge in [0.05, 0.1) is 18.5 Å². The molecule has 0 aliphatic carbocycles. The predicted octanol–water partition coefficient (Wildman–Crippen LogP) is 8.09. The molecule has 5 rings (SSSR count). The summed E-state index contributed by atoms with van der Waals surface area (Å²) in [5.41, 5.74) is 11.3.